The van der Waals surface area contributed by atoms with Crippen molar-refractivity contribution in [1.82, 2.24) is 5.32 Å². The Bertz CT molecular complexity index is 368. The summed E-state index contributed by atoms with van der Waals surface area (Å²) in [6, 6.07) is 7.87. The molecule has 1 atom stereocenters. The number of amidine groups is 1. The summed E-state index contributed by atoms with van der Waals surface area (Å²) in [6.07, 6.45) is 0.515. The Labute approximate surface area is 100 Å². The Hall–Kier alpha value is -1.26. The molecule has 5 heteroatoms. The van der Waals surface area contributed by atoms with Crippen LogP contribution in [0.4, 0.5) is 0 Å². The van der Waals surface area contributed by atoms with Gasteiger partial charge in [-0.2, -0.15) is 0 Å². The summed E-state index contributed by atoms with van der Waals surface area (Å²) in [7, 11) is 0. The molecule has 4 nitrogen and oxygen atoms in total. The van der Waals surface area contributed by atoms with Crippen LogP contribution in [-0.2, 0) is 0 Å². The molecular formula is C11H16ClN3O. The molecule has 0 heterocycles. The molecule has 0 aliphatic carbocycles. The molecule has 0 unspecified atom stereocenters. The summed E-state index contributed by atoms with van der Waals surface area (Å²) >= 11 is 5.90. The van der Waals surface area contributed by atoms with E-state index < -0.39 is 0 Å². The molecule has 0 amide bonds. The first-order chi connectivity index (χ1) is 7.63. The Morgan fingerprint density at radius 1 is 1.62 bits per heavy atom. The zero-order chi connectivity index (χ0) is 12.0. The number of hydrogen-bond donors (Lipinski definition) is 3. The Balaban J connectivity index is 2.44. The molecule has 0 bridgehead atoms. The molecule has 88 valence electrons. The maximum atomic E-state index is 8.37. The Morgan fingerprint density at radius 3 is 3.00 bits per heavy atom. The third-order valence-corrected chi connectivity index (χ3v) is 2.54. The van der Waals surface area contributed by atoms with Crippen molar-refractivity contribution in [2.75, 3.05) is 6.54 Å². The van der Waals surface area contributed by atoms with E-state index in [0.717, 1.165) is 10.6 Å². The van der Waals surface area contributed by atoms with Gasteiger partial charge < -0.3 is 16.3 Å². The highest BCUT2D eigenvalue weighted by Crippen LogP contribution is 2.16. The normalized spacial score (nSPS) is 13.8. The maximum absolute atomic E-state index is 8.37. The third kappa shape index (κ3) is 4.08. The van der Waals surface area contributed by atoms with Crippen molar-refractivity contribution in [2.45, 2.75) is 19.4 Å². The second-order valence-corrected chi connectivity index (χ2v) is 4.01. The number of nitrogens with two attached hydrogens (primary N) is 1. The monoisotopic (exact) mass is 241 g/mol. The van der Waals surface area contributed by atoms with Crippen molar-refractivity contribution in [3.63, 3.8) is 0 Å². The predicted octanol–water partition coefficient (Wildman–Crippen LogP) is 2.13. The van der Waals surface area contributed by atoms with Crippen LogP contribution in [0.1, 0.15) is 24.9 Å². The lowest BCUT2D eigenvalue weighted by Crippen LogP contribution is -2.24. The molecule has 1 aromatic carbocycles. The number of rotatable bonds is 5. The van der Waals surface area contributed by atoms with E-state index >= 15 is 0 Å². The smallest absolute Gasteiger partial charge is 0.140 e. The molecular weight excluding hydrogens is 226 g/mol. The molecule has 0 aromatic heterocycles. The number of halogens is 1. The number of nitrogens with one attached hydrogen (secondary N) is 1. The van der Waals surface area contributed by atoms with Gasteiger partial charge in [0.1, 0.15) is 5.84 Å². The molecule has 0 aliphatic heterocycles. The molecule has 16 heavy (non-hydrogen) atoms. The highest BCUT2D eigenvalue weighted by Gasteiger charge is 2.04. The van der Waals surface area contributed by atoms with Crippen LogP contribution in [0.3, 0.4) is 0 Å². The summed E-state index contributed by atoms with van der Waals surface area (Å²) in [5, 5.41) is 15.3. The second kappa shape index (κ2) is 6.35. The van der Waals surface area contributed by atoms with E-state index in [0.29, 0.717) is 13.0 Å². The molecule has 4 N–H and O–H groups in total. The first kappa shape index (κ1) is 12.8. The number of benzene rings is 1. The standard InChI is InChI=1S/C11H16ClN3O/c1-8(14-6-5-11(13)15-16)9-3-2-4-10(12)7-9/h2-4,7-8,14,16H,5-6H2,1H3,(H2,13,15)/t8-/m1/s1. The van der Waals surface area contributed by atoms with Gasteiger partial charge >= 0.3 is 0 Å². The SMILES string of the molecule is C[C@@H](NCC/C(N)=N/O)c1cccc(Cl)c1. The fraction of sp³-hybridized carbons (Fsp3) is 0.364. The van der Waals surface area contributed by atoms with Gasteiger partial charge in [0.05, 0.1) is 0 Å². The minimum atomic E-state index is 0.185. The van der Waals surface area contributed by atoms with Gasteiger partial charge in [0, 0.05) is 24.0 Å². The van der Waals surface area contributed by atoms with E-state index in [1.54, 1.807) is 0 Å². The molecule has 0 saturated heterocycles. The van der Waals surface area contributed by atoms with Crippen molar-refractivity contribution >= 4 is 17.4 Å². The summed E-state index contributed by atoms with van der Waals surface area (Å²) < 4.78 is 0. The molecule has 0 saturated carbocycles. The van der Waals surface area contributed by atoms with Crippen LogP contribution in [0.25, 0.3) is 0 Å². The maximum Gasteiger partial charge on any atom is 0.140 e. The molecule has 1 rings (SSSR count). The van der Waals surface area contributed by atoms with Gasteiger partial charge in [0.2, 0.25) is 0 Å². The number of nitrogens with zero attached hydrogens (tertiary/aromatic N) is 1. The first-order valence-electron chi connectivity index (χ1n) is 5.08. The Kier molecular flexibility index (Phi) is 5.08. The van der Waals surface area contributed by atoms with E-state index in [-0.39, 0.29) is 11.9 Å². The van der Waals surface area contributed by atoms with Crippen LogP contribution in [0, 0.1) is 0 Å². The lowest BCUT2D eigenvalue weighted by Gasteiger charge is -2.14. The van der Waals surface area contributed by atoms with Gasteiger partial charge in [0.25, 0.3) is 0 Å². The lowest BCUT2D eigenvalue weighted by molar-refractivity contribution is 0.316. The van der Waals surface area contributed by atoms with Crippen molar-refractivity contribution in [1.29, 1.82) is 0 Å². The van der Waals surface area contributed by atoms with E-state index in [4.69, 9.17) is 22.5 Å². The molecule has 0 fully saturated rings. The van der Waals surface area contributed by atoms with Crippen molar-refractivity contribution in [2.24, 2.45) is 10.9 Å². The quantitative estimate of drug-likeness (QED) is 0.320. The topological polar surface area (TPSA) is 70.6 Å². The zero-order valence-corrected chi connectivity index (χ0v) is 9.91. The summed E-state index contributed by atoms with van der Waals surface area (Å²) in [6.45, 7) is 2.70. The van der Waals surface area contributed by atoms with Gasteiger partial charge in [-0.05, 0) is 24.6 Å². The minimum Gasteiger partial charge on any atom is -0.409 e. The van der Waals surface area contributed by atoms with Crippen molar-refractivity contribution in [3.05, 3.63) is 34.9 Å². The average Bonchev–Trinajstić information content (AvgIpc) is 2.28. The first-order valence-corrected chi connectivity index (χ1v) is 5.46. The second-order valence-electron chi connectivity index (χ2n) is 3.57. The summed E-state index contributed by atoms with van der Waals surface area (Å²) in [4.78, 5) is 0. The van der Waals surface area contributed by atoms with Gasteiger partial charge in [-0.3, -0.25) is 0 Å². The zero-order valence-electron chi connectivity index (χ0n) is 9.15. The summed E-state index contributed by atoms with van der Waals surface area (Å²) in [5.74, 6) is 0.228. The van der Waals surface area contributed by atoms with Crippen LogP contribution >= 0.6 is 11.6 Å². The largest absolute Gasteiger partial charge is 0.409 e. The fourth-order valence-corrected chi connectivity index (χ4v) is 1.56. The van der Waals surface area contributed by atoms with Crippen LogP contribution in [0.5, 0.6) is 0 Å². The van der Waals surface area contributed by atoms with Crippen molar-refractivity contribution < 1.29 is 5.21 Å². The van der Waals surface area contributed by atoms with E-state index in [1.807, 2.05) is 31.2 Å². The van der Waals surface area contributed by atoms with Crippen LogP contribution < -0.4 is 11.1 Å². The summed E-state index contributed by atoms with van der Waals surface area (Å²) in [5.41, 5.74) is 6.48. The molecule has 0 radical (unpaired) electrons. The average molecular weight is 242 g/mol. The van der Waals surface area contributed by atoms with E-state index in [2.05, 4.69) is 10.5 Å². The molecule has 0 aliphatic rings. The highest BCUT2D eigenvalue weighted by molar-refractivity contribution is 6.30. The van der Waals surface area contributed by atoms with Gasteiger partial charge in [-0.15, -0.1) is 0 Å². The highest BCUT2D eigenvalue weighted by atomic mass is 35.5. The van der Waals surface area contributed by atoms with Crippen LogP contribution in [0.15, 0.2) is 29.4 Å². The van der Waals surface area contributed by atoms with Crippen LogP contribution in [-0.4, -0.2) is 17.6 Å². The molecule has 0 spiro atoms. The number of hydrogen-bond acceptors (Lipinski definition) is 3. The van der Waals surface area contributed by atoms with Gasteiger partial charge in [-0.25, -0.2) is 0 Å². The molecule has 1 aromatic rings. The van der Waals surface area contributed by atoms with E-state index in [9.17, 15) is 0 Å². The van der Waals surface area contributed by atoms with Crippen LogP contribution in [0.2, 0.25) is 5.02 Å². The minimum absolute atomic E-state index is 0.185. The third-order valence-electron chi connectivity index (χ3n) is 2.31. The fourth-order valence-electron chi connectivity index (χ4n) is 1.36. The Morgan fingerprint density at radius 2 is 2.38 bits per heavy atom. The van der Waals surface area contributed by atoms with Gasteiger partial charge in [0.15, 0.2) is 0 Å². The predicted molar refractivity (Wildman–Crippen MR) is 65.9 cm³/mol. The van der Waals surface area contributed by atoms with Crippen molar-refractivity contribution in [3.8, 4) is 0 Å². The van der Waals surface area contributed by atoms with Gasteiger partial charge in [-0.1, -0.05) is 28.9 Å². The lowest BCUT2D eigenvalue weighted by atomic mass is 10.1. The van der Waals surface area contributed by atoms with E-state index in [1.165, 1.54) is 0 Å². The number of oxime groups is 1.